The fraction of sp³-hybridized carbons (Fsp3) is 0.500. The summed E-state index contributed by atoms with van der Waals surface area (Å²) in [5, 5.41) is 2.38. The number of carbonyl (C=O) groups excluding carboxylic acids is 1. The van der Waals surface area contributed by atoms with Crippen LogP contribution in [0.25, 0.3) is 0 Å². The van der Waals surface area contributed by atoms with Gasteiger partial charge < -0.3 is 11.1 Å². The minimum absolute atomic E-state index is 0.0725. The Morgan fingerprint density at radius 3 is 2.61 bits per heavy atom. The van der Waals surface area contributed by atoms with Crippen LogP contribution in [0.2, 0.25) is 0 Å². The third kappa shape index (κ3) is 3.95. The monoisotopic (exact) mass is 262 g/mol. The molecule has 3 N–H and O–H groups in total. The molecule has 18 heavy (non-hydrogen) atoms. The lowest BCUT2D eigenvalue weighted by molar-refractivity contribution is -0.145. The fourth-order valence-electron chi connectivity index (χ4n) is 1.16. The molecule has 1 amide bonds. The summed E-state index contributed by atoms with van der Waals surface area (Å²) < 4.78 is 37.3. The molecule has 0 radical (unpaired) electrons. The lowest BCUT2D eigenvalue weighted by atomic mass is 10.3. The van der Waals surface area contributed by atoms with E-state index in [1.54, 1.807) is 6.92 Å². The van der Waals surface area contributed by atoms with Crippen molar-refractivity contribution in [3.63, 3.8) is 0 Å². The van der Waals surface area contributed by atoms with Crippen LogP contribution < -0.4 is 11.1 Å². The minimum atomic E-state index is -4.68. The van der Waals surface area contributed by atoms with Crippen LogP contribution in [-0.2, 0) is 6.18 Å². The molecule has 8 heteroatoms. The molecule has 100 valence electrons. The number of rotatable bonds is 3. The molecule has 0 fully saturated rings. The second-order valence-electron chi connectivity index (χ2n) is 3.90. The number of nitrogens with two attached hydrogens (primary N) is 1. The van der Waals surface area contributed by atoms with Gasteiger partial charge in [0.25, 0.3) is 5.91 Å². The Balaban J connectivity index is 2.96. The van der Waals surface area contributed by atoms with E-state index in [4.69, 9.17) is 5.73 Å². The highest BCUT2D eigenvalue weighted by molar-refractivity contribution is 5.92. The summed E-state index contributed by atoms with van der Waals surface area (Å²) in [5.41, 5.74) is 5.17. The number of hydrogen-bond acceptors (Lipinski definition) is 4. The molecule has 5 nitrogen and oxygen atoms in total. The fourth-order valence-corrected chi connectivity index (χ4v) is 1.16. The SMILES string of the molecule is Cc1cc(C(=O)NCC(C)N)nc(C(F)(F)F)n1. The highest BCUT2D eigenvalue weighted by atomic mass is 19.4. The van der Waals surface area contributed by atoms with Crippen molar-refractivity contribution in [2.24, 2.45) is 5.73 Å². The third-order valence-electron chi connectivity index (χ3n) is 1.92. The second kappa shape index (κ2) is 5.30. The van der Waals surface area contributed by atoms with E-state index in [9.17, 15) is 18.0 Å². The first-order chi connectivity index (χ1) is 8.20. The van der Waals surface area contributed by atoms with Crippen LogP contribution in [0.15, 0.2) is 6.07 Å². The lowest BCUT2D eigenvalue weighted by Gasteiger charge is -2.10. The zero-order valence-electron chi connectivity index (χ0n) is 9.88. The van der Waals surface area contributed by atoms with E-state index in [0.717, 1.165) is 0 Å². The van der Waals surface area contributed by atoms with Crippen molar-refractivity contribution in [1.29, 1.82) is 0 Å². The molecule has 0 aliphatic rings. The number of nitrogens with zero attached hydrogens (tertiary/aromatic N) is 2. The molecular weight excluding hydrogens is 249 g/mol. The highest BCUT2D eigenvalue weighted by Crippen LogP contribution is 2.26. The first-order valence-corrected chi connectivity index (χ1v) is 5.17. The topological polar surface area (TPSA) is 80.9 Å². The number of halogens is 3. The molecule has 1 atom stereocenters. The normalized spacial score (nSPS) is 13.2. The average Bonchev–Trinajstić information content (AvgIpc) is 2.23. The average molecular weight is 262 g/mol. The van der Waals surface area contributed by atoms with Gasteiger partial charge in [-0.3, -0.25) is 4.79 Å². The number of alkyl halides is 3. The zero-order chi connectivity index (χ0) is 13.9. The molecule has 0 aliphatic heterocycles. The first kappa shape index (κ1) is 14.4. The molecule has 1 unspecified atom stereocenters. The smallest absolute Gasteiger partial charge is 0.349 e. The Morgan fingerprint density at radius 1 is 1.50 bits per heavy atom. The van der Waals surface area contributed by atoms with Gasteiger partial charge in [-0.25, -0.2) is 9.97 Å². The Hall–Kier alpha value is -1.70. The molecule has 0 saturated carbocycles. The van der Waals surface area contributed by atoms with Gasteiger partial charge in [-0.2, -0.15) is 13.2 Å². The van der Waals surface area contributed by atoms with Crippen molar-refractivity contribution < 1.29 is 18.0 Å². The van der Waals surface area contributed by atoms with Crippen LogP contribution in [0, 0.1) is 6.92 Å². The van der Waals surface area contributed by atoms with Crippen LogP contribution in [0.1, 0.15) is 28.9 Å². The quantitative estimate of drug-likeness (QED) is 0.847. The van der Waals surface area contributed by atoms with Gasteiger partial charge in [0.1, 0.15) is 5.69 Å². The van der Waals surface area contributed by atoms with E-state index in [1.165, 1.54) is 13.0 Å². The van der Waals surface area contributed by atoms with E-state index in [-0.39, 0.29) is 24.0 Å². The molecule has 0 bridgehead atoms. The molecule has 0 aliphatic carbocycles. The van der Waals surface area contributed by atoms with Crippen LogP contribution in [0.4, 0.5) is 13.2 Å². The minimum Gasteiger partial charge on any atom is -0.349 e. The van der Waals surface area contributed by atoms with Crippen LogP contribution in [-0.4, -0.2) is 28.5 Å². The van der Waals surface area contributed by atoms with Crippen LogP contribution in [0.3, 0.4) is 0 Å². The number of aromatic nitrogens is 2. The molecule has 0 spiro atoms. The van der Waals surface area contributed by atoms with Gasteiger partial charge in [0.05, 0.1) is 0 Å². The molecule has 1 rings (SSSR count). The third-order valence-corrected chi connectivity index (χ3v) is 1.92. The standard InChI is InChI=1S/C10H13F3N4O/c1-5(14)4-15-8(18)7-3-6(2)16-9(17-7)10(11,12)13/h3,5H,4,14H2,1-2H3,(H,15,18). The van der Waals surface area contributed by atoms with E-state index in [2.05, 4.69) is 15.3 Å². The van der Waals surface area contributed by atoms with Crippen molar-refractivity contribution in [1.82, 2.24) is 15.3 Å². The number of aryl methyl sites for hydroxylation is 1. The van der Waals surface area contributed by atoms with Gasteiger partial charge in [-0.1, -0.05) is 0 Å². The van der Waals surface area contributed by atoms with Gasteiger partial charge in [0, 0.05) is 18.3 Å². The summed E-state index contributed by atoms with van der Waals surface area (Å²) in [4.78, 5) is 18.0. The maximum atomic E-state index is 12.4. The molecule has 1 aromatic rings. The number of amides is 1. The van der Waals surface area contributed by atoms with Crippen LogP contribution >= 0.6 is 0 Å². The Kier molecular flexibility index (Phi) is 4.23. The largest absolute Gasteiger partial charge is 0.451 e. The van der Waals surface area contributed by atoms with Crippen molar-refractivity contribution in [3.05, 3.63) is 23.3 Å². The van der Waals surface area contributed by atoms with Gasteiger partial charge in [0.15, 0.2) is 0 Å². The predicted octanol–water partition coefficient (Wildman–Crippen LogP) is 0.881. The predicted molar refractivity (Wildman–Crippen MR) is 57.8 cm³/mol. The molecule has 1 heterocycles. The maximum absolute atomic E-state index is 12.4. The Labute approximate surface area is 102 Å². The molecule has 0 saturated heterocycles. The summed E-state index contributed by atoms with van der Waals surface area (Å²) in [6, 6.07) is 0.894. The van der Waals surface area contributed by atoms with Gasteiger partial charge in [0.2, 0.25) is 5.82 Å². The van der Waals surface area contributed by atoms with E-state index < -0.39 is 17.9 Å². The second-order valence-corrected chi connectivity index (χ2v) is 3.90. The number of carbonyl (C=O) groups is 1. The zero-order valence-corrected chi connectivity index (χ0v) is 9.88. The highest BCUT2D eigenvalue weighted by Gasteiger charge is 2.35. The van der Waals surface area contributed by atoms with Gasteiger partial charge in [-0.15, -0.1) is 0 Å². The van der Waals surface area contributed by atoms with E-state index in [0.29, 0.717) is 0 Å². The number of nitrogens with one attached hydrogen (secondary N) is 1. The van der Waals surface area contributed by atoms with Crippen molar-refractivity contribution in [3.8, 4) is 0 Å². The number of hydrogen-bond donors (Lipinski definition) is 2. The molecule has 0 aromatic carbocycles. The van der Waals surface area contributed by atoms with Crippen molar-refractivity contribution in [2.75, 3.05) is 6.54 Å². The summed E-state index contributed by atoms with van der Waals surface area (Å²) in [6.07, 6.45) is -4.68. The Morgan fingerprint density at radius 2 is 2.11 bits per heavy atom. The summed E-state index contributed by atoms with van der Waals surface area (Å²) >= 11 is 0. The molecule has 1 aromatic heterocycles. The first-order valence-electron chi connectivity index (χ1n) is 5.17. The van der Waals surface area contributed by atoms with Gasteiger partial charge >= 0.3 is 6.18 Å². The van der Waals surface area contributed by atoms with E-state index >= 15 is 0 Å². The lowest BCUT2D eigenvalue weighted by Crippen LogP contribution is -2.35. The van der Waals surface area contributed by atoms with Crippen molar-refractivity contribution >= 4 is 5.91 Å². The molecular formula is C10H13F3N4O. The Bertz CT molecular complexity index is 445. The van der Waals surface area contributed by atoms with Gasteiger partial charge in [-0.05, 0) is 19.9 Å². The summed E-state index contributed by atoms with van der Waals surface area (Å²) in [6.45, 7) is 3.18. The summed E-state index contributed by atoms with van der Waals surface area (Å²) in [7, 11) is 0. The van der Waals surface area contributed by atoms with E-state index in [1.807, 2.05) is 0 Å². The van der Waals surface area contributed by atoms with Crippen LogP contribution in [0.5, 0.6) is 0 Å². The maximum Gasteiger partial charge on any atom is 0.451 e. The summed E-state index contributed by atoms with van der Waals surface area (Å²) in [5.74, 6) is -2.03. The van der Waals surface area contributed by atoms with Crippen molar-refractivity contribution in [2.45, 2.75) is 26.1 Å².